The van der Waals surface area contributed by atoms with Crippen LogP contribution < -0.4 is 4.68 Å². The summed E-state index contributed by atoms with van der Waals surface area (Å²) in [6, 6.07) is 1.85. The Hall–Kier alpha value is -1.65. The fourth-order valence-corrected chi connectivity index (χ4v) is 0.746. The zero-order chi connectivity index (χ0) is 6.81. The Morgan fingerprint density at radius 2 is 2.30 bits per heavy atom. The van der Waals surface area contributed by atoms with E-state index in [4.69, 9.17) is 0 Å². The average molecular weight is 136 g/mol. The van der Waals surface area contributed by atoms with Gasteiger partial charge < -0.3 is 0 Å². The first-order valence-electron chi connectivity index (χ1n) is 2.87. The lowest BCUT2D eigenvalue weighted by atomic mass is 10.6. The van der Waals surface area contributed by atoms with Gasteiger partial charge in [0.05, 0.1) is 6.20 Å². The van der Waals surface area contributed by atoms with Gasteiger partial charge in [0.25, 0.3) is 5.82 Å². The average Bonchev–Trinajstić information content (AvgIpc) is 2.59. The van der Waals surface area contributed by atoms with Crippen LogP contribution in [0.5, 0.6) is 0 Å². The summed E-state index contributed by atoms with van der Waals surface area (Å²) in [5.41, 5.74) is 0. The monoisotopic (exact) mass is 136 g/mol. The molecule has 0 atom stereocenters. The van der Waals surface area contributed by atoms with Crippen molar-refractivity contribution in [3.63, 3.8) is 0 Å². The van der Waals surface area contributed by atoms with Crippen LogP contribution in [0.25, 0.3) is 5.82 Å². The second-order valence-corrected chi connectivity index (χ2v) is 1.84. The Bertz CT molecular complexity index is 249. The third kappa shape index (κ3) is 0.680. The second kappa shape index (κ2) is 1.94. The fraction of sp³-hybridized carbons (Fsp3) is 0. The van der Waals surface area contributed by atoms with Crippen molar-refractivity contribution in [3.8, 4) is 5.82 Å². The van der Waals surface area contributed by atoms with Gasteiger partial charge in [-0.2, -0.15) is 5.10 Å². The summed E-state index contributed by atoms with van der Waals surface area (Å²) in [5.74, 6) is 0.873. The van der Waals surface area contributed by atoms with Crippen LogP contribution in [0.1, 0.15) is 0 Å². The van der Waals surface area contributed by atoms with Gasteiger partial charge in [-0.05, 0) is 5.10 Å². The van der Waals surface area contributed by atoms with Crippen LogP contribution in [0, 0.1) is 0 Å². The summed E-state index contributed by atoms with van der Waals surface area (Å²) >= 11 is 0. The number of aromatic amines is 2. The Labute approximate surface area is 56.7 Å². The number of hydrogen-bond donors (Lipinski definition) is 2. The lowest BCUT2D eigenvalue weighted by Gasteiger charge is -1.82. The zero-order valence-corrected chi connectivity index (χ0v) is 5.15. The molecule has 2 aromatic rings. The molecule has 0 aliphatic carbocycles. The summed E-state index contributed by atoms with van der Waals surface area (Å²) < 4.78 is 1.73. The molecule has 0 spiro atoms. The van der Waals surface area contributed by atoms with Gasteiger partial charge in [0, 0.05) is 6.07 Å². The molecule has 0 aromatic carbocycles. The van der Waals surface area contributed by atoms with Crippen LogP contribution in [0.3, 0.4) is 0 Å². The van der Waals surface area contributed by atoms with E-state index in [0.29, 0.717) is 0 Å². The number of aromatic nitrogens is 5. The predicted octanol–water partition coefficient (Wildman–Crippen LogP) is -0.591. The van der Waals surface area contributed by atoms with Crippen LogP contribution in [0.4, 0.5) is 0 Å². The highest BCUT2D eigenvalue weighted by Gasteiger charge is 2.01. The first-order chi connectivity index (χ1) is 4.97. The molecule has 0 bridgehead atoms. The van der Waals surface area contributed by atoms with Crippen LogP contribution >= 0.6 is 0 Å². The molecule has 2 aromatic heterocycles. The summed E-state index contributed by atoms with van der Waals surface area (Å²) in [6.07, 6.45) is 5.15. The van der Waals surface area contributed by atoms with Crippen molar-refractivity contribution in [2.75, 3.05) is 0 Å². The van der Waals surface area contributed by atoms with E-state index in [9.17, 15) is 0 Å². The minimum Gasteiger partial charge on any atom is -0.184 e. The van der Waals surface area contributed by atoms with Gasteiger partial charge in [0.1, 0.15) is 6.20 Å². The lowest BCUT2D eigenvalue weighted by Crippen LogP contribution is -2.32. The van der Waals surface area contributed by atoms with Gasteiger partial charge in [0.15, 0.2) is 6.20 Å². The number of H-pyrrole nitrogens is 2. The molecule has 0 saturated heterocycles. The molecule has 10 heavy (non-hydrogen) atoms. The van der Waals surface area contributed by atoms with E-state index >= 15 is 0 Å². The molecule has 0 unspecified atom stereocenters. The van der Waals surface area contributed by atoms with Gasteiger partial charge in [0.2, 0.25) is 0 Å². The van der Waals surface area contributed by atoms with Gasteiger partial charge >= 0.3 is 0 Å². The molecule has 0 radical (unpaired) electrons. The van der Waals surface area contributed by atoms with Crippen molar-refractivity contribution in [1.82, 2.24) is 20.5 Å². The largest absolute Gasteiger partial charge is 0.268 e. The normalized spacial score (nSPS) is 10.0. The van der Waals surface area contributed by atoms with Crippen molar-refractivity contribution in [3.05, 3.63) is 24.7 Å². The summed E-state index contributed by atoms with van der Waals surface area (Å²) in [4.78, 5) is 0. The van der Waals surface area contributed by atoms with Crippen LogP contribution in [0.2, 0.25) is 0 Å². The molecule has 0 aliphatic rings. The maximum absolute atomic E-state index is 3.78. The Morgan fingerprint density at radius 3 is 2.90 bits per heavy atom. The minimum absolute atomic E-state index is 0.873. The summed E-state index contributed by atoms with van der Waals surface area (Å²) in [7, 11) is 0. The first-order valence-corrected chi connectivity index (χ1v) is 2.87. The highest BCUT2D eigenvalue weighted by atomic mass is 15.4. The van der Waals surface area contributed by atoms with Gasteiger partial charge in [-0.25, -0.2) is 0 Å². The SMILES string of the molecule is c1cc(-[n+]2ccn[nH]2)[nH]n1. The molecule has 2 heterocycles. The molecule has 0 fully saturated rings. The third-order valence-electron chi connectivity index (χ3n) is 1.20. The van der Waals surface area contributed by atoms with E-state index < -0.39 is 0 Å². The van der Waals surface area contributed by atoms with E-state index in [2.05, 4.69) is 20.5 Å². The molecule has 50 valence electrons. The van der Waals surface area contributed by atoms with Crippen molar-refractivity contribution in [2.24, 2.45) is 0 Å². The van der Waals surface area contributed by atoms with Crippen LogP contribution in [0.15, 0.2) is 24.7 Å². The second-order valence-electron chi connectivity index (χ2n) is 1.84. The third-order valence-corrected chi connectivity index (χ3v) is 1.20. The van der Waals surface area contributed by atoms with Crippen molar-refractivity contribution >= 4 is 0 Å². The predicted molar refractivity (Wildman–Crippen MR) is 32.3 cm³/mol. The maximum atomic E-state index is 3.78. The van der Waals surface area contributed by atoms with E-state index in [-0.39, 0.29) is 0 Å². The summed E-state index contributed by atoms with van der Waals surface area (Å²) in [5, 5.41) is 13.1. The Balaban J connectivity index is 2.48. The molecule has 5 nitrogen and oxygen atoms in total. The topological polar surface area (TPSA) is 61.2 Å². The smallest absolute Gasteiger partial charge is 0.184 e. The molecule has 2 N–H and O–H groups in total. The Kier molecular flexibility index (Phi) is 1.00. The van der Waals surface area contributed by atoms with Gasteiger partial charge in [-0.1, -0.05) is 0 Å². The molecular weight excluding hydrogens is 130 g/mol. The van der Waals surface area contributed by atoms with E-state index in [1.54, 1.807) is 23.3 Å². The fourth-order valence-electron chi connectivity index (χ4n) is 0.746. The number of hydrogen-bond acceptors (Lipinski definition) is 2. The minimum atomic E-state index is 0.873. The van der Waals surface area contributed by atoms with E-state index in [1.165, 1.54) is 0 Å². The molecule has 5 heteroatoms. The number of rotatable bonds is 1. The molecule has 0 saturated carbocycles. The van der Waals surface area contributed by atoms with Crippen LogP contribution in [-0.2, 0) is 0 Å². The van der Waals surface area contributed by atoms with E-state index in [1.807, 2.05) is 6.07 Å². The number of nitrogens with one attached hydrogen (secondary N) is 2. The molecule has 2 rings (SSSR count). The van der Waals surface area contributed by atoms with Gasteiger partial charge in [-0.3, -0.25) is 0 Å². The standard InChI is InChI=1S/C5H5N5/c1-2-6-8-5(1)10-4-3-7-9-10/h1-4H,(H,6,8)/p+1. The van der Waals surface area contributed by atoms with Crippen LogP contribution in [-0.4, -0.2) is 20.5 Å². The maximum Gasteiger partial charge on any atom is 0.268 e. The molecule has 0 amide bonds. The zero-order valence-electron chi connectivity index (χ0n) is 5.15. The quantitative estimate of drug-likeness (QED) is 0.515. The molecule has 0 aliphatic heterocycles. The lowest BCUT2D eigenvalue weighted by molar-refractivity contribution is -0.663. The summed E-state index contributed by atoms with van der Waals surface area (Å²) in [6.45, 7) is 0. The van der Waals surface area contributed by atoms with Crippen molar-refractivity contribution in [2.45, 2.75) is 0 Å². The Morgan fingerprint density at radius 1 is 1.30 bits per heavy atom. The van der Waals surface area contributed by atoms with Gasteiger partial charge in [-0.15, -0.1) is 15.0 Å². The highest BCUT2D eigenvalue weighted by molar-refractivity contribution is 5.03. The molecular formula is C5H6N5+. The highest BCUT2D eigenvalue weighted by Crippen LogP contribution is 1.85. The number of nitrogens with zero attached hydrogens (tertiary/aromatic N) is 3. The van der Waals surface area contributed by atoms with Crippen molar-refractivity contribution in [1.29, 1.82) is 0 Å². The van der Waals surface area contributed by atoms with E-state index in [0.717, 1.165) is 5.82 Å². The first kappa shape index (κ1) is 5.16. The van der Waals surface area contributed by atoms with Crippen molar-refractivity contribution < 1.29 is 4.68 Å².